The summed E-state index contributed by atoms with van der Waals surface area (Å²) in [5, 5.41) is 9.58. The highest BCUT2D eigenvalue weighted by Crippen LogP contribution is 2.10. The lowest BCUT2D eigenvalue weighted by Gasteiger charge is -1.84. The van der Waals surface area contributed by atoms with Crippen molar-refractivity contribution in [1.82, 2.24) is 4.98 Å². The number of aromatic nitrogens is 1. The van der Waals surface area contributed by atoms with E-state index in [4.69, 9.17) is 5.11 Å². The molecule has 0 aliphatic carbocycles. The highest BCUT2D eigenvalue weighted by molar-refractivity contribution is 7.11. The third-order valence-electron chi connectivity index (χ3n) is 1.03. The van der Waals surface area contributed by atoms with Crippen LogP contribution in [0.4, 0.5) is 0 Å². The van der Waals surface area contributed by atoms with Crippen molar-refractivity contribution in [3.05, 3.63) is 16.1 Å². The van der Waals surface area contributed by atoms with Crippen LogP contribution in [-0.4, -0.2) is 16.7 Å². The van der Waals surface area contributed by atoms with Gasteiger partial charge in [-0.2, -0.15) is 0 Å². The lowest BCUT2D eigenvalue weighted by Crippen LogP contribution is -1.84. The summed E-state index contributed by atoms with van der Waals surface area (Å²) in [5.74, 6) is 0. The summed E-state index contributed by atoms with van der Waals surface area (Å²) in [6.07, 6.45) is 2.56. The number of hydrogen-bond donors (Lipinski definition) is 1. The first-order valence-electron chi connectivity index (χ1n) is 2.85. The molecule has 1 rings (SSSR count). The van der Waals surface area contributed by atoms with E-state index in [1.165, 1.54) is 0 Å². The smallest absolute Gasteiger partial charge is 0.0896 e. The van der Waals surface area contributed by atoms with Crippen LogP contribution in [-0.2, 0) is 6.42 Å². The Morgan fingerprint density at radius 1 is 1.78 bits per heavy atom. The standard InChI is InChI=1S/C6H9NOS/c1-5-7-4-6(9-5)2-3-8/h4,8H,2-3H2,1H3. The fourth-order valence-corrected chi connectivity index (χ4v) is 1.41. The number of aliphatic hydroxyl groups excluding tert-OH is 1. The summed E-state index contributed by atoms with van der Waals surface area (Å²) < 4.78 is 0. The summed E-state index contributed by atoms with van der Waals surface area (Å²) >= 11 is 1.64. The maximum Gasteiger partial charge on any atom is 0.0896 e. The van der Waals surface area contributed by atoms with Crippen LogP contribution in [0.5, 0.6) is 0 Å². The van der Waals surface area contributed by atoms with Gasteiger partial charge in [0.05, 0.1) is 5.01 Å². The number of nitrogens with zero attached hydrogens (tertiary/aromatic N) is 1. The summed E-state index contributed by atoms with van der Waals surface area (Å²) in [5.41, 5.74) is 0. The van der Waals surface area contributed by atoms with Crippen LogP contribution in [0.15, 0.2) is 6.20 Å². The highest BCUT2D eigenvalue weighted by Gasteiger charge is 1.94. The summed E-state index contributed by atoms with van der Waals surface area (Å²) in [7, 11) is 0. The van der Waals surface area contributed by atoms with E-state index in [0.29, 0.717) is 0 Å². The van der Waals surface area contributed by atoms with Crippen LogP contribution in [0.1, 0.15) is 9.88 Å². The van der Waals surface area contributed by atoms with Gasteiger partial charge < -0.3 is 5.11 Å². The number of hydrogen-bond acceptors (Lipinski definition) is 3. The average Bonchev–Trinajstić information content (AvgIpc) is 2.17. The molecule has 0 atom stereocenters. The Balaban J connectivity index is 2.61. The Morgan fingerprint density at radius 3 is 3.00 bits per heavy atom. The van der Waals surface area contributed by atoms with Gasteiger partial charge in [0.2, 0.25) is 0 Å². The molecule has 9 heavy (non-hydrogen) atoms. The van der Waals surface area contributed by atoms with E-state index in [1.807, 2.05) is 13.1 Å². The first-order chi connectivity index (χ1) is 4.33. The summed E-state index contributed by atoms with van der Waals surface area (Å²) in [4.78, 5) is 5.20. The minimum atomic E-state index is 0.224. The molecule has 0 radical (unpaired) electrons. The summed E-state index contributed by atoms with van der Waals surface area (Å²) in [6.45, 7) is 2.19. The molecule has 0 spiro atoms. The Kier molecular flexibility index (Phi) is 2.19. The minimum Gasteiger partial charge on any atom is -0.396 e. The zero-order chi connectivity index (χ0) is 6.69. The van der Waals surface area contributed by atoms with Crippen molar-refractivity contribution in [2.45, 2.75) is 13.3 Å². The van der Waals surface area contributed by atoms with Crippen molar-refractivity contribution < 1.29 is 5.11 Å². The quantitative estimate of drug-likeness (QED) is 0.669. The topological polar surface area (TPSA) is 33.1 Å². The van der Waals surface area contributed by atoms with Crippen molar-refractivity contribution >= 4 is 11.3 Å². The van der Waals surface area contributed by atoms with E-state index in [0.717, 1.165) is 16.3 Å². The zero-order valence-corrected chi connectivity index (χ0v) is 6.11. The van der Waals surface area contributed by atoms with Crippen LogP contribution >= 0.6 is 11.3 Å². The zero-order valence-electron chi connectivity index (χ0n) is 5.29. The van der Waals surface area contributed by atoms with Gasteiger partial charge in [-0.15, -0.1) is 11.3 Å². The molecule has 0 saturated heterocycles. The second-order valence-corrected chi connectivity index (χ2v) is 3.14. The number of aryl methyl sites for hydroxylation is 1. The Morgan fingerprint density at radius 2 is 2.56 bits per heavy atom. The average molecular weight is 143 g/mol. The second kappa shape index (κ2) is 2.94. The van der Waals surface area contributed by atoms with E-state index < -0.39 is 0 Å². The van der Waals surface area contributed by atoms with Crippen molar-refractivity contribution in [2.75, 3.05) is 6.61 Å². The molecule has 0 unspecified atom stereocenters. The van der Waals surface area contributed by atoms with Gasteiger partial charge in [0.1, 0.15) is 0 Å². The maximum absolute atomic E-state index is 8.51. The molecule has 0 fully saturated rings. The summed E-state index contributed by atoms with van der Waals surface area (Å²) in [6, 6.07) is 0. The first-order valence-corrected chi connectivity index (χ1v) is 3.67. The molecule has 0 bridgehead atoms. The van der Waals surface area contributed by atoms with Gasteiger partial charge in [-0.3, -0.25) is 0 Å². The molecule has 1 N–H and O–H groups in total. The van der Waals surface area contributed by atoms with Crippen LogP contribution in [0, 0.1) is 6.92 Å². The monoisotopic (exact) mass is 143 g/mol. The number of aliphatic hydroxyl groups is 1. The molecule has 0 aromatic carbocycles. The Hall–Kier alpha value is -0.410. The Bertz CT molecular complexity index is 185. The number of thiazole rings is 1. The van der Waals surface area contributed by atoms with Crippen molar-refractivity contribution in [3.8, 4) is 0 Å². The number of rotatable bonds is 2. The van der Waals surface area contributed by atoms with Gasteiger partial charge in [-0.1, -0.05) is 0 Å². The van der Waals surface area contributed by atoms with E-state index in [1.54, 1.807) is 11.3 Å². The molecular formula is C6H9NOS. The van der Waals surface area contributed by atoms with Gasteiger partial charge in [-0.05, 0) is 6.92 Å². The van der Waals surface area contributed by atoms with E-state index >= 15 is 0 Å². The fourth-order valence-electron chi connectivity index (χ4n) is 0.631. The van der Waals surface area contributed by atoms with Gasteiger partial charge in [0.15, 0.2) is 0 Å². The molecule has 1 heterocycles. The molecule has 0 aliphatic rings. The van der Waals surface area contributed by atoms with Gasteiger partial charge >= 0.3 is 0 Å². The lowest BCUT2D eigenvalue weighted by atomic mass is 10.4. The van der Waals surface area contributed by atoms with E-state index in [2.05, 4.69) is 4.98 Å². The van der Waals surface area contributed by atoms with Crippen molar-refractivity contribution in [2.24, 2.45) is 0 Å². The fraction of sp³-hybridized carbons (Fsp3) is 0.500. The molecule has 1 aromatic rings. The SMILES string of the molecule is Cc1ncc(CCO)s1. The molecular weight excluding hydrogens is 134 g/mol. The molecule has 0 aliphatic heterocycles. The first kappa shape index (κ1) is 6.71. The Labute approximate surface area is 58.2 Å². The third-order valence-corrected chi connectivity index (χ3v) is 2.00. The molecule has 50 valence electrons. The normalized spacial score (nSPS) is 10.0. The molecule has 0 saturated carbocycles. The van der Waals surface area contributed by atoms with Crippen LogP contribution in [0.2, 0.25) is 0 Å². The predicted octanol–water partition coefficient (Wildman–Crippen LogP) is 0.986. The van der Waals surface area contributed by atoms with Crippen LogP contribution in [0.25, 0.3) is 0 Å². The second-order valence-electron chi connectivity index (χ2n) is 1.82. The van der Waals surface area contributed by atoms with Gasteiger partial charge in [0.25, 0.3) is 0 Å². The third kappa shape index (κ3) is 1.77. The molecule has 3 heteroatoms. The van der Waals surface area contributed by atoms with Gasteiger partial charge in [-0.25, -0.2) is 4.98 Å². The lowest BCUT2D eigenvalue weighted by molar-refractivity contribution is 0.300. The maximum atomic E-state index is 8.51. The van der Waals surface area contributed by atoms with Crippen LogP contribution < -0.4 is 0 Å². The largest absolute Gasteiger partial charge is 0.396 e. The molecule has 0 amide bonds. The van der Waals surface area contributed by atoms with Crippen molar-refractivity contribution in [1.29, 1.82) is 0 Å². The highest BCUT2D eigenvalue weighted by atomic mass is 32.1. The van der Waals surface area contributed by atoms with Gasteiger partial charge in [0, 0.05) is 24.1 Å². The van der Waals surface area contributed by atoms with E-state index in [-0.39, 0.29) is 6.61 Å². The minimum absolute atomic E-state index is 0.224. The van der Waals surface area contributed by atoms with Crippen LogP contribution in [0.3, 0.4) is 0 Å². The predicted molar refractivity (Wildman–Crippen MR) is 37.6 cm³/mol. The van der Waals surface area contributed by atoms with E-state index in [9.17, 15) is 0 Å². The molecule has 1 aromatic heterocycles. The van der Waals surface area contributed by atoms with Crippen molar-refractivity contribution in [3.63, 3.8) is 0 Å². The molecule has 2 nitrogen and oxygen atoms in total.